The normalized spacial score (nSPS) is 17.6. The Kier molecular flexibility index (Phi) is 5.09. The summed E-state index contributed by atoms with van der Waals surface area (Å²) in [4.78, 5) is 0.305. The number of rotatable bonds is 4. The molecule has 0 bridgehead atoms. The van der Waals surface area contributed by atoms with E-state index in [2.05, 4.69) is 15.9 Å². The third-order valence-corrected chi connectivity index (χ3v) is 6.84. The summed E-state index contributed by atoms with van der Waals surface area (Å²) < 4.78 is 27.9. The first-order chi connectivity index (χ1) is 9.46. The number of sulfonamides is 1. The van der Waals surface area contributed by atoms with Crippen LogP contribution < -0.4 is 5.73 Å². The minimum atomic E-state index is -3.47. The second kappa shape index (κ2) is 6.45. The van der Waals surface area contributed by atoms with Crippen molar-refractivity contribution in [2.24, 2.45) is 0 Å². The van der Waals surface area contributed by atoms with E-state index in [9.17, 15) is 8.42 Å². The molecule has 0 heterocycles. The van der Waals surface area contributed by atoms with Crippen LogP contribution in [0.25, 0.3) is 0 Å². The second-order valence-corrected chi connectivity index (χ2v) is 7.90. The molecule has 1 aliphatic carbocycles. The fourth-order valence-corrected chi connectivity index (χ4v) is 5.60. The average Bonchev–Trinajstić information content (AvgIpc) is 2.40. The van der Waals surface area contributed by atoms with E-state index in [0.717, 1.165) is 25.7 Å². The molecule has 0 unspecified atom stereocenters. The molecule has 6 heteroatoms. The van der Waals surface area contributed by atoms with Gasteiger partial charge in [-0.3, -0.25) is 0 Å². The lowest BCUT2D eigenvalue weighted by Gasteiger charge is -2.32. The monoisotopic (exact) mass is 360 g/mol. The first kappa shape index (κ1) is 15.8. The average molecular weight is 361 g/mol. The molecule has 112 valence electrons. The summed E-state index contributed by atoms with van der Waals surface area (Å²) >= 11 is 3.32. The Morgan fingerprint density at radius 1 is 1.30 bits per heavy atom. The Morgan fingerprint density at radius 2 is 1.95 bits per heavy atom. The Labute approximate surface area is 129 Å². The Hall–Kier alpha value is -0.590. The number of halogens is 1. The van der Waals surface area contributed by atoms with E-state index >= 15 is 0 Å². The largest absolute Gasteiger partial charge is 0.399 e. The minimum absolute atomic E-state index is 0.128. The molecule has 1 fully saturated rings. The van der Waals surface area contributed by atoms with Gasteiger partial charge in [-0.1, -0.05) is 26.2 Å². The summed E-state index contributed by atoms with van der Waals surface area (Å²) in [6, 6.07) is 4.98. The lowest BCUT2D eigenvalue weighted by molar-refractivity contribution is 0.261. The highest BCUT2D eigenvalue weighted by Crippen LogP contribution is 2.31. The van der Waals surface area contributed by atoms with Gasteiger partial charge in [0.1, 0.15) is 0 Å². The highest BCUT2D eigenvalue weighted by molar-refractivity contribution is 9.10. The van der Waals surface area contributed by atoms with E-state index in [-0.39, 0.29) is 6.04 Å². The third kappa shape index (κ3) is 3.18. The molecule has 1 aromatic carbocycles. The van der Waals surface area contributed by atoms with Crippen molar-refractivity contribution in [2.45, 2.75) is 50.0 Å². The molecule has 0 atom stereocenters. The van der Waals surface area contributed by atoms with Crippen molar-refractivity contribution < 1.29 is 8.42 Å². The lowest BCUT2D eigenvalue weighted by atomic mass is 9.95. The zero-order valence-electron chi connectivity index (χ0n) is 11.7. The van der Waals surface area contributed by atoms with E-state index in [0.29, 0.717) is 21.6 Å². The van der Waals surface area contributed by atoms with Gasteiger partial charge in [-0.25, -0.2) is 8.42 Å². The lowest BCUT2D eigenvalue weighted by Crippen LogP contribution is -2.41. The quantitative estimate of drug-likeness (QED) is 0.837. The third-order valence-electron chi connectivity index (χ3n) is 3.84. The number of nitrogens with two attached hydrogens (primary N) is 1. The Balaban J connectivity index is 2.35. The van der Waals surface area contributed by atoms with Crippen LogP contribution in [0.15, 0.2) is 27.6 Å². The maximum atomic E-state index is 12.8. The molecule has 2 N–H and O–H groups in total. The molecule has 0 spiro atoms. The zero-order chi connectivity index (χ0) is 14.8. The predicted octanol–water partition coefficient (Wildman–Crippen LogP) is 3.37. The zero-order valence-corrected chi connectivity index (χ0v) is 14.1. The van der Waals surface area contributed by atoms with Gasteiger partial charge in [-0.2, -0.15) is 4.31 Å². The SMILES string of the molecule is CCN(C1CCCCC1)S(=O)(=O)c1ccc(N)cc1Br. The van der Waals surface area contributed by atoms with Gasteiger partial charge in [0, 0.05) is 22.7 Å². The number of nitrogens with zero attached hydrogens (tertiary/aromatic N) is 1. The van der Waals surface area contributed by atoms with E-state index in [1.54, 1.807) is 22.5 Å². The van der Waals surface area contributed by atoms with Crippen LogP contribution in [0.4, 0.5) is 5.69 Å². The number of benzene rings is 1. The van der Waals surface area contributed by atoms with E-state index in [1.807, 2.05) is 6.92 Å². The molecule has 2 rings (SSSR count). The molecule has 4 nitrogen and oxygen atoms in total. The van der Waals surface area contributed by atoms with Crippen LogP contribution in [-0.4, -0.2) is 25.3 Å². The van der Waals surface area contributed by atoms with Crippen LogP contribution in [0, 0.1) is 0 Å². The van der Waals surface area contributed by atoms with Crippen molar-refractivity contribution >= 4 is 31.6 Å². The van der Waals surface area contributed by atoms with Crippen molar-refractivity contribution in [1.82, 2.24) is 4.31 Å². The van der Waals surface area contributed by atoms with Crippen molar-refractivity contribution in [3.05, 3.63) is 22.7 Å². The van der Waals surface area contributed by atoms with Crippen molar-refractivity contribution in [1.29, 1.82) is 0 Å². The molecule has 0 aromatic heterocycles. The van der Waals surface area contributed by atoms with E-state index in [4.69, 9.17) is 5.73 Å². The molecule has 0 aliphatic heterocycles. The van der Waals surface area contributed by atoms with Crippen molar-refractivity contribution in [3.63, 3.8) is 0 Å². The maximum absolute atomic E-state index is 12.8. The van der Waals surface area contributed by atoms with E-state index < -0.39 is 10.0 Å². The van der Waals surface area contributed by atoms with Crippen LogP contribution in [0.5, 0.6) is 0 Å². The molecule has 0 saturated heterocycles. The standard InChI is InChI=1S/C14H21BrN2O2S/c1-2-17(12-6-4-3-5-7-12)20(18,19)14-9-8-11(16)10-13(14)15/h8-10,12H,2-7,16H2,1H3. The molecular formula is C14H21BrN2O2S. The number of anilines is 1. The number of hydrogen-bond donors (Lipinski definition) is 1. The molecule has 1 aliphatic rings. The van der Waals surface area contributed by atoms with Gasteiger partial charge in [0.15, 0.2) is 0 Å². The molecule has 1 saturated carbocycles. The predicted molar refractivity (Wildman–Crippen MR) is 85.0 cm³/mol. The maximum Gasteiger partial charge on any atom is 0.244 e. The van der Waals surface area contributed by atoms with Crippen LogP contribution in [0.3, 0.4) is 0 Å². The van der Waals surface area contributed by atoms with Crippen LogP contribution >= 0.6 is 15.9 Å². The summed E-state index contributed by atoms with van der Waals surface area (Å²) in [7, 11) is -3.47. The van der Waals surface area contributed by atoms with Crippen LogP contribution in [-0.2, 0) is 10.0 Å². The Morgan fingerprint density at radius 3 is 2.50 bits per heavy atom. The van der Waals surface area contributed by atoms with Crippen molar-refractivity contribution in [3.8, 4) is 0 Å². The first-order valence-electron chi connectivity index (χ1n) is 7.03. The van der Waals surface area contributed by atoms with E-state index in [1.165, 1.54) is 6.42 Å². The summed E-state index contributed by atoms with van der Waals surface area (Å²) in [5, 5.41) is 0. The summed E-state index contributed by atoms with van der Waals surface area (Å²) in [6.07, 6.45) is 5.35. The number of hydrogen-bond acceptors (Lipinski definition) is 3. The van der Waals surface area contributed by atoms with Crippen LogP contribution in [0.1, 0.15) is 39.0 Å². The van der Waals surface area contributed by atoms with Gasteiger partial charge in [0.05, 0.1) is 4.90 Å². The van der Waals surface area contributed by atoms with Gasteiger partial charge in [-0.05, 0) is 47.0 Å². The minimum Gasteiger partial charge on any atom is -0.399 e. The molecule has 0 amide bonds. The molecule has 20 heavy (non-hydrogen) atoms. The first-order valence-corrected chi connectivity index (χ1v) is 9.27. The topological polar surface area (TPSA) is 63.4 Å². The smallest absolute Gasteiger partial charge is 0.244 e. The van der Waals surface area contributed by atoms with Gasteiger partial charge >= 0.3 is 0 Å². The molecule has 0 radical (unpaired) electrons. The summed E-state index contributed by atoms with van der Waals surface area (Å²) in [6.45, 7) is 2.40. The highest BCUT2D eigenvalue weighted by atomic mass is 79.9. The molecular weight excluding hydrogens is 340 g/mol. The van der Waals surface area contributed by atoms with Gasteiger partial charge in [0.25, 0.3) is 0 Å². The fraction of sp³-hybridized carbons (Fsp3) is 0.571. The van der Waals surface area contributed by atoms with Crippen molar-refractivity contribution in [2.75, 3.05) is 12.3 Å². The Bertz CT molecular complexity index is 569. The summed E-state index contributed by atoms with van der Waals surface area (Å²) in [5.74, 6) is 0. The highest BCUT2D eigenvalue weighted by Gasteiger charge is 2.32. The molecule has 1 aromatic rings. The van der Waals surface area contributed by atoms with Crippen LogP contribution in [0.2, 0.25) is 0 Å². The fourth-order valence-electron chi connectivity index (χ4n) is 2.85. The van der Waals surface area contributed by atoms with Gasteiger partial charge in [-0.15, -0.1) is 0 Å². The second-order valence-electron chi connectivity index (χ2n) is 5.19. The number of nitrogen functional groups attached to an aromatic ring is 1. The summed E-state index contributed by atoms with van der Waals surface area (Å²) in [5.41, 5.74) is 6.24. The van der Waals surface area contributed by atoms with Gasteiger partial charge < -0.3 is 5.73 Å². The van der Waals surface area contributed by atoms with Gasteiger partial charge in [0.2, 0.25) is 10.0 Å².